The number of para-hydroxylation sites is 1. The number of carbonyl (C=O) groups excluding carboxylic acids is 4. The first-order chi connectivity index (χ1) is 21.8. The van der Waals surface area contributed by atoms with Gasteiger partial charge < -0.3 is 20.1 Å². The number of likely N-dealkylation sites (N-methyl/N-ethyl adjacent to an activating group) is 1. The number of nitrogens with zero attached hydrogens (tertiary/aromatic N) is 1. The van der Waals surface area contributed by atoms with Gasteiger partial charge in [0.25, 0.3) is 5.91 Å². The standard InChI is InChI=1S/C36H35N3O6/c1-23(35(42)44-3)37-33(40)29-19-11-12-20-31(29)38-34(41)32(21-24-13-5-4-6-14-24)39(2)36(43)45-22-30-27-17-9-7-15-25(27)26-16-8-10-18-28(26)30/h4-20,23,30,32H,21-22H2,1-3H3,(H,37,40)(H,38,41)/t23-,32-/m0/s1. The van der Waals surface area contributed by atoms with Gasteiger partial charge in [-0.15, -0.1) is 0 Å². The number of rotatable bonds is 10. The molecule has 0 unspecified atom stereocenters. The van der Waals surface area contributed by atoms with E-state index in [-0.39, 0.29) is 30.2 Å². The van der Waals surface area contributed by atoms with Crippen LogP contribution in [0.4, 0.5) is 10.5 Å². The lowest BCUT2D eigenvalue weighted by molar-refractivity contribution is -0.142. The van der Waals surface area contributed by atoms with Crippen LogP contribution in [0.3, 0.4) is 0 Å². The molecular formula is C36H35N3O6. The molecule has 1 aliphatic rings. The van der Waals surface area contributed by atoms with Crippen molar-refractivity contribution < 1.29 is 28.7 Å². The largest absolute Gasteiger partial charge is 0.467 e. The fourth-order valence-corrected chi connectivity index (χ4v) is 5.58. The van der Waals surface area contributed by atoms with E-state index in [1.54, 1.807) is 18.2 Å². The molecule has 45 heavy (non-hydrogen) atoms. The van der Waals surface area contributed by atoms with Gasteiger partial charge in [-0.2, -0.15) is 0 Å². The molecule has 0 saturated heterocycles. The van der Waals surface area contributed by atoms with Crippen LogP contribution < -0.4 is 10.6 Å². The fraction of sp³-hybridized carbons (Fsp3) is 0.222. The monoisotopic (exact) mass is 605 g/mol. The second-order valence-electron chi connectivity index (χ2n) is 10.9. The van der Waals surface area contributed by atoms with Crippen molar-refractivity contribution in [1.82, 2.24) is 10.2 Å². The topological polar surface area (TPSA) is 114 Å². The van der Waals surface area contributed by atoms with Crippen LogP contribution in [0.1, 0.15) is 39.9 Å². The number of anilines is 1. The lowest BCUT2D eigenvalue weighted by Crippen LogP contribution is -2.47. The SMILES string of the molecule is COC(=O)[C@H](C)NC(=O)c1ccccc1NC(=O)[C@H](Cc1ccccc1)N(C)C(=O)OCC1c2ccccc2-c2ccccc21. The first kappa shape index (κ1) is 31.0. The second-order valence-corrected chi connectivity index (χ2v) is 10.9. The number of benzene rings is 4. The Hall–Kier alpha value is -5.44. The maximum atomic E-state index is 13.8. The number of methoxy groups -OCH3 is 1. The number of ether oxygens (including phenoxy) is 2. The van der Waals surface area contributed by atoms with Gasteiger partial charge in [0.15, 0.2) is 0 Å². The van der Waals surface area contributed by atoms with Crippen LogP contribution in [0.25, 0.3) is 11.1 Å². The van der Waals surface area contributed by atoms with Crippen LogP contribution in [0.15, 0.2) is 103 Å². The maximum absolute atomic E-state index is 13.8. The first-order valence-electron chi connectivity index (χ1n) is 14.7. The summed E-state index contributed by atoms with van der Waals surface area (Å²) in [5.74, 6) is -1.80. The number of nitrogens with one attached hydrogen (secondary N) is 2. The van der Waals surface area contributed by atoms with E-state index >= 15 is 0 Å². The van der Waals surface area contributed by atoms with Gasteiger partial charge in [0.1, 0.15) is 18.7 Å². The Morgan fingerprint density at radius 3 is 2.02 bits per heavy atom. The predicted molar refractivity (Wildman–Crippen MR) is 171 cm³/mol. The molecule has 2 atom stereocenters. The molecule has 9 heteroatoms. The van der Waals surface area contributed by atoms with Gasteiger partial charge in [0.05, 0.1) is 18.4 Å². The Morgan fingerprint density at radius 2 is 1.38 bits per heavy atom. The van der Waals surface area contributed by atoms with E-state index in [0.717, 1.165) is 27.8 Å². The number of hydrogen-bond acceptors (Lipinski definition) is 6. The quantitative estimate of drug-likeness (QED) is 0.234. The van der Waals surface area contributed by atoms with E-state index in [2.05, 4.69) is 22.8 Å². The highest BCUT2D eigenvalue weighted by Crippen LogP contribution is 2.44. The van der Waals surface area contributed by atoms with E-state index in [4.69, 9.17) is 9.47 Å². The summed E-state index contributed by atoms with van der Waals surface area (Å²) in [6, 6.07) is 30.1. The summed E-state index contributed by atoms with van der Waals surface area (Å²) in [5, 5.41) is 5.40. The molecule has 0 spiro atoms. The predicted octanol–water partition coefficient (Wildman–Crippen LogP) is 5.41. The van der Waals surface area contributed by atoms with Gasteiger partial charge in [-0.1, -0.05) is 91.0 Å². The molecule has 0 bridgehead atoms. The van der Waals surface area contributed by atoms with Crippen LogP contribution in [0.5, 0.6) is 0 Å². The Balaban J connectivity index is 1.34. The van der Waals surface area contributed by atoms with Gasteiger partial charge in [0, 0.05) is 19.4 Å². The molecule has 0 aromatic heterocycles. The first-order valence-corrected chi connectivity index (χ1v) is 14.7. The molecule has 5 rings (SSSR count). The summed E-state index contributed by atoms with van der Waals surface area (Å²) < 4.78 is 10.6. The van der Waals surface area contributed by atoms with Gasteiger partial charge in [-0.25, -0.2) is 9.59 Å². The van der Waals surface area contributed by atoms with E-state index in [1.165, 1.54) is 32.0 Å². The van der Waals surface area contributed by atoms with Crippen molar-refractivity contribution in [3.63, 3.8) is 0 Å². The highest BCUT2D eigenvalue weighted by Gasteiger charge is 2.33. The number of fused-ring (bicyclic) bond motifs is 3. The van der Waals surface area contributed by atoms with Crippen LogP contribution in [0.2, 0.25) is 0 Å². The van der Waals surface area contributed by atoms with Crippen molar-refractivity contribution in [3.05, 3.63) is 125 Å². The fourth-order valence-electron chi connectivity index (χ4n) is 5.58. The molecule has 3 amide bonds. The lowest BCUT2D eigenvalue weighted by Gasteiger charge is -2.28. The zero-order valence-corrected chi connectivity index (χ0v) is 25.4. The smallest absolute Gasteiger partial charge is 0.410 e. The van der Waals surface area contributed by atoms with Crippen molar-refractivity contribution in [2.75, 3.05) is 26.1 Å². The van der Waals surface area contributed by atoms with Gasteiger partial charge in [0.2, 0.25) is 5.91 Å². The number of amides is 3. The van der Waals surface area contributed by atoms with Crippen LogP contribution in [-0.2, 0) is 25.5 Å². The summed E-state index contributed by atoms with van der Waals surface area (Å²) in [6.07, 6.45) is -0.438. The molecule has 0 fully saturated rings. The van der Waals surface area contributed by atoms with E-state index in [0.29, 0.717) is 0 Å². The third kappa shape index (κ3) is 6.88. The molecule has 4 aromatic carbocycles. The molecule has 4 aromatic rings. The summed E-state index contributed by atoms with van der Waals surface area (Å²) in [7, 11) is 2.77. The second kappa shape index (κ2) is 13.9. The zero-order valence-electron chi connectivity index (χ0n) is 25.4. The number of hydrogen-bond donors (Lipinski definition) is 2. The van der Waals surface area contributed by atoms with Crippen molar-refractivity contribution in [2.24, 2.45) is 0 Å². The van der Waals surface area contributed by atoms with E-state index < -0.39 is 36.0 Å². The minimum atomic E-state index is -0.965. The summed E-state index contributed by atoms with van der Waals surface area (Å²) in [5.41, 5.74) is 5.64. The average Bonchev–Trinajstić information content (AvgIpc) is 3.39. The van der Waals surface area contributed by atoms with Crippen molar-refractivity contribution in [2.45, 2.75) is 31.3 Å². The Kier molecular flexibility index (Phi) is 9.57. The molecule has 1 aliphatic carbocycles. The molecular weight excluding hydrogens is 570 g/mol. The maximum Gasteiger partial charge on any atom is 0.410 e. The molecule has 0 radical (unpaired) electrons. The van der Waals surface area contributed by atoms with Crippen molar-refractivity contribution in [1.29, 1.82) is 0 Å². The van der Waals surface area contributed by atoms with E-state index in [9.17, 15) is 19.2 Å². The minimum Gasteiger partial charge on any atom is -0.467 e. The summed E-state index contributed by atoms with van der Waals surface area (Å²) in [6.45, 7) is 1.61. The Labute approximate surface area is 262 Å². The third-order valence-corrected chi connectivity index (χ3v) is 8.00. The molecule has 0 saturated carbocycles. The average molecular weight is 606 g/mol. The molecule has 2 N–H and O–H groups in total. The van der Waals surface area contributed by atoms with Gasteiger partial charge >= 0.3 is 12.1 Å². The molecule has 9 nitrogen and oxygen atoms in total. The molecule has 0 aliphatic heterocycles. The third-order valence-electron chi connectivity index (χ3n) is 8.00. The van der Waals surface area contributed by atoms with Crippen LogP contribution >= 0.6 is 0 Å². The molecule has 230 valence electrons. The lowest BCUT2D eigenvalue weighted by atomic mass is 9.98. The van der Waals surface area contributed by atoms with Crippen LogP contribution in [0, 0.1) is 0 Å². The summed E-state index contributed by atoms with van der Waals surface area (Å²) >= 11 is 0. The van der Waals surface area contributed by atoms with Gasteiger partial charge in [-0.05, 0) is 46.9 Å². The van der Waals surface area contributed by atoms with Crippen molar-refractivity contribution >= 4 is 29.6 Å². The summed E-state index contributed by atoms with van der Waals surface area (Å²) in [4.78, 5) is 53.5. The minimum absolute atomic E-state index is 0.109. The Morgan fingerprint density at radius 1 is 0.800 bits per heavy atom. The van der Waals surface area contributed by atoms with Crippen LogP contribution in [-0.4, -0.2) is 61.6 Å². The van der Waals surface area contributed by atoms with E-state index in [1.807, 2.05) is 66.7 Å². The Bertz CT molecular complexity index is 1660. The van der Waals surface area contributed by atoms with Gasteiger partial charge in [-0.3, -0.25) is 14.5 Å². The molecule has 0 heterocycles. The zero-order chi connectivity index (χ0) is 31.9. The highest BCUT2D eigenvalue weighted by atomic mass is 16.6. The number of esters is 1. The van der Waals surface area contributed by atoms with Crippen molar-refractivity contribution in [3.8, 4) is 11.1 Å². The number of carbonyl (C=O) groups is 4. The normalized spacial score (nSPS) is 13.0. The highest BCUT2D eigenvalue weighted by molar-refractivity contribution is 6.06.